The first-order valence-corrected chi connectivity index (χ1v) is 6.00. The molecule has 18 N–H and O–H groups in total. The molecule has 0 aromatic carbocycles. The molecule has 0 amide bonds. The van der Waals surface area contributed by atoms with Crippen LogP contribution in [0.2, 0.25) is 0 Å². The molecular weight excluding hydrogens is 431 g/mol. The number of hydrogen-bond donors (Lipinski definition) is 6. The van der Waals surface area contributed by atoms with Crippen LogP contribution in [0.5, 0.6) is 0 Å². The van der Waals surface area contributed by atoms with Gasteiger partial charge in [-0.3, -0.25) is 25.3 Å². The van der Waals surface area contributed by atoms with Crippen LogP contribution in [0.15, 0.2) is 0 Å². The molecule has 18 nitrogen and oxygen atoms in total. The van der Waals surface area contributed by atoms with Crippen molar-refractivity contribution in [1.29, 1.82) is 0 Å². The van der Waals surface area contributed by atoms with Crippen molar-refractivity contribution in [3.05, 3.63) is 0 Å². The molecule has 22 heavy (non-hydrogen) atoms. The Labute approximate surface area is 137 Å². The molecule has 22 heteroatoms. The molecule has 0 saturated heterocycles. The molecule has 0 aromatic rings. The van der Waals surface area contributed by atoms with E-state index in [1.165, 1.54) is 0 Å². The van der Waals surface area contributed by atoms with Gasteiger partial charge >= 0.3 is 16.8 Å². The summed E-state index contributed by atoms with van der Waals surface area (Å²) in [6.07, 6.45) is 0. The van der Waals surface area contributed by atoms with Gasteiger partial charge in [-0.2, -0.15) is 0 Å². The van der Waals surface area contributed by atoms with Gasteiger partial charge in [0, 0.05) is 31.2 Å². The average molecular weight is 449 g/mol. The van der Waals surface area contributed by atoms with Crippen molar-refractivity contribution >= 4 is 31.2 Å². The van der Waals surface area contributed by atoms with Gasteiger partial charge in [-0.15, -0.1) is 0 Å². The van der Waals surface area contributed by atoms with Crippen molar-refractivity contribution in [3.63, 3.8) is 0 Å². The third-order valence-corrected chi connectivity index (χ3v) is 0. The molecule has 0 aliphatic carbocycles. The molecule has 0 radical (unpaired) electrons. The predicted molar refractivity (Wildman–Crippen MR) is 61.6 cm³/mol. The molecule has 0 heterocycles. The molecular formula is H18CoN6O12S3-3. The molecule has 0 rings (SSSR count). The average Bonchev–Trinajstić information content (AvgIpc) is 1.41. The van der Waals surface area contributed by atoms with Crippen LogP contribution in [0.25, 0.3) is 0 Å². The van der Waals surface area contributed by atoms with E-state index >= 15 is 0 Å². The first-order chi connectivity index (χ1) is 6.00. The van der Waals surface area contributed by atoms with E-state index in [-0.39, 0.29) is 53.7 Å². The zero-order chi connectivity index (χ0) is 13.5. The zero-order valence-electron chi connectivity index (χ0n) is 10.7. The van der Waals surface area contributed by atoms with Crippen LogP contribution in [0, 0.1) is 0 Å². The Morgan fingerprint density at radius 3 is 0.364 bits per heavy atom. The minimum Gasteiger partial charge on any atom is -0.759 e. The second-order valence-electron chi connectivity index (χ2n) is 1.22. The smallest absolute Gasteiger partial charge is 0.759 e. The van der Waals surface area contributed by atoms with Gasteiger partial charge < -0.3 is 64.2 Å². The summed E-state index contributed by atoms with van der Waals surface area (Å²) < 4.78 is 102. The Morgan fingerprint density at radius 1 is 0.364 bits per heavy atom. The molecule has 0 aliphatic heterocycles. The molecule has 0 fully saturated rings. The van der Waals surface area contributed by atoms with Crippen LogP contribution in [-0.2, 0) is 48.0 Å². The monoisotopic (exact) mass is 449 g/mol. The second kappa shape index (κ2) is 25.8. The third kappa shape index (κ3) is 464000. The van der Waals surface area contributed by atoms with Crippen LogP contribution < -0.4 is 36.9 Å². The van der Waals surface area contributed by atoms with Gasteiger partial charge in [-0.05, 0) is 0 Å². The van der Waals surface area contributed by atoms with Gasteiger partial charge in [0.05, 0.1) is 0 Å². The van der Waals surface area contributed by atoms with Crippen LogP contribution in [0.4, 0.5) is 0 Å². The van der Waals surface area contributed by atoms with E-state index in [1.54, 1.807) is 0 Å². The summed E-state index contributed by atoms with van der Waals surface area (Å²) in [6.45, 7) is 0. The summed E-state index contributed by atoms with van der Waals surface area (Å²) in [7, 11) is -15.5. The summed E-state index contributed by atoms with van der Waals surface area (Å²) in [5, 5.41) is 0. The molecule has 0 aliphatic rings. The summed E-state index contributed by atoms with van der Waals surface area (Å²) in [5.41, 5.74) is 0. The quantitative estimate of drug-likeness (QED) is 0.158. The van der Waals surface area contributed by atoms with E-state index in [0.29, 0.717) is 0 Å². The van der Waals surface area contributed by atoms with E-state index in [0.717, 1.165) is 0 Å². The Bertz CT molecular complexity index is 356. The maximum absolute atomic E-state index is 8.52. The summed E-state index contributed by atoms with van der Waals surface area (Å²) in [5.74, 6) is 0. The van der Waals surface area contributed by atoms with Crippen LogP contribution in [0.1, 0.15) is 0 Å². The molecule has 150 valence electrons. The van der Waals surface area contributed by atoms with Gasteiger partial charge in [0.2, 0.25) is 0 Å². The largest absolute Gasteiger partial charge is 3.00 e. The predicted octanol–water partition coefficient (Wildman–Crippen LogP) is -3.04. The Hall–Kier alpha value is -0.124. The van der Waals surface area contributed by atoms with Crippen LogP contribution >= 0.6 is 0 Å². The van der Waals surface area contributed by atoms with Gasteiger partial charge in [0.1, 0.15) is 0 Å². The van der Waals surface area contributed by atoms with Gasteiger partial charge in [-0.1, -0.05) is 0 Å². The molecule has 0 unspecified atom stereocenters. The molecule has 0 saturated carbocycles. The van der Waals surface area contributed by atoms with Crippen molar-refractivity contribution in [3.8, 4) is 0 Å². The van der Waals surface area contributed by atoms with Gasteiger partial charge in [0.15, 0.2) is 0 Å². The fourth-order valence-corrected chi connectivity index (χ4v) is 0. The van der Waals surface area contributed by atoms with E-state index in [1.807, 2.05) is 0 Å². The van der Waals surface area contributed by atoms with E-state index in [4.69, 9.17) is 52.6 Å². The Balaban J connectivity index is -0.0000000106. The fourth-order valence-electron chi connectivity index (χ4n) is 0. The normalized spacial score (nSPS) is 7.91. The van der Waals surface area contributed by atoms with E-state index in [9.17, 15) is 0 Å². The number of rotatable bonds is 0. The number of hydrogen-bond acceptors (Lipinski definition) is 18. The zero-order valence-corrected chi connectivity index (χ0v) is 14.2. The SMILES string of the molecule is N.N.N.N.N.N.O=S(=O)([O-])[O-].O=S(=O)([O-])[O-].O=S(=O)([O-])[O-].[Co+3]. The Morgan fingerprint density at radius 2 is 0.364 bits per heavy atom. The van der Waals surface area contributed by atoms with Crippen molar-refractivity contribution in [2.24, 2.45) is 0 Å². The van der Waals surface area contributed by atoms with E-state index in [2.05, 4.69) is 0 Å². The second-order valence-corrected chi connectivity index (χ2v) is 3.67. The minimum atomic E-state index is -5.17. The van der Waals surface area contributed by atoms with Crippen LogP contribution in [0.3, 0.4) is 0 Å². The topological polar surface area (TPSA) is 451 Å². The van der Waals surface area contributed by atoms with Crippen LogP contribution in [-0.4, -0.2) is 52.6 Å². The van der Waals surface area contributed by atoms with Crippen molar-refractivity contribution in [2.45, 2.75) is 0 Å². The summed E-state index contributed by atoms with van der Waals surface area (Å²) in [4.78, 5) is 0. The van der Waals surface area contributed by atoms with Gasteiger partial charge in [-0.25, -0.2) is 0 Å². The molecule has 0 atom stereocenters. The summed E-state index contributed by atoms with van der Waals surface area (Å²) >= 11 is 0. The maximum Gasteiger partial charge on any atom is 3.00 e. The van der Waals surface area contributed by atoms with Crippen molar-refractivity contribution < 1.29 is 69.3 Å². The van der Waals surface area contributed by atoms with Crippen molar-refractivity contribution in [2.75, 3.05) is 0 Å². The molecule has 0 spiro atoms. The third-order valence-electron chi connectivity index (χ3n) is 0. The molecule has 0 bridgehead atoms. The van der Waals surface area contributed by atoms with Gasteiger partial charge in [0.25, 0.3) is 0 Å². The first-order valence-electron chi connectivity index (χ1n) is 2.00. The first kappa shape index (κ1) is 67.6. The van der Waals surface area contributed by atoms with E-state index < -0.39 is 31.2 Å². The standard InChI is InChI=1S/Co.6H3N.3H2O4S/c;;;;;;;3*1-5(2,3)4/h;6*1H3;3*(H2,1,2,3,4)/q+3;;;;;;;;;/p-6. The minimum absolute atomic E-state index is 0. The van der Waals surface area contributed by atoms with Crippen molar-refractivity contribution in [1.82, 2.24) is 36.9 Å². The Kier molecular flexibility index (Phi) is 79.3. The fraction of sp³-hybridized carbons (Fsp3) is 0. The summed E-state index contributed by atoms with van der Waals surface area (Å²) in [6, 6.07) is 0. The maximum atomic E-state index is 8.52. The molecule has 0 aromatic heterocycles.